The van der Waals surface area contributed by atoms with Crippen molar-refractivity contribution in [3.8, 4) is 11.5 Å². The fourth-order valence-corrected chi connectivity index (χ4v) is 3.36. The minimum atomic E-state index is -1.01. The summed E-state index contributed by atoms with van der Waals surface area (Å²) in [6.45, 7) is 0. The number of methoxy groups -OCH3 is 1. The normalized spacial score (nSPS) is 17.0. The van der Waals surface area contributed by atoms with Gasteiger partial charge >= 0.3 is 5.97 Å². The van der Waals surface area contributed by atoms with Gasteiger partial charge < -0.3 is 14.9 Å². The third-order valence-corrected chi connectivity index (χ3v) is 4.90. The standard InChI is InChI=1S/C19H16N2O5S/c1-21-17(23)16(10-11-3-8-14(22)15(9-11)26-2)27-19(21)20-13-6-4-12(5-7-13)18(24)25/h3-10,22H,1-2H3,(H,24,25). The van der Waals surface area contributed by atoms with E-state index in [4.69, 9.17) is 9.84 Å². The number of aromatic carboxylic acids is 1. The summed E-state index contributed by atoms with van der Waals surface area (Å²) in [4.78, 5) is 29.7. The third kappa shape index (κ3) is 3.95. The second-order valence-electron chi connectivity index (χ2n) is 5.65. The molecule has 0 aromatic heterocycles. The molecule has 0 spiro atoms. The number of phenolic OH excluding ortho intramolecular Hbond substituents is 1. The number of likely N-dealkylation sites (N-methyl/N-ethyl adjacent to an activating group) is 1. The quantitative estimate of drug-likeness (QED) is 0.785. The van der Waals surface area contributed by atoms with E-state index in [2.05, 4.69) is 4.99 Å². The molecule has 1 fully saturated rings. The molecule has 0 unspecified atom stereocenters. The fourth-order valence-electron chi connectivity index (χ4n) is 2.38. The van der Waals surface area contributed by atoms with Gasteiger partial charge in [0.05, 0.1) is 23.3 Å². The van der Waals surface area contributed by atoms with Crippen LogP contribution in [0, 0.1) is 0 Å². The number of carboxylic acid groups (broad SMARTS) is 1. The van der Waals surface area contributed by atoms with Crippen LogP contribution in [0.3, 0.4) is 0 Å². The van der Waals surface area contributed by atoms with Crippen LogP contribution in [0.4, 0.5) is 5.69 Å². The maximum Gasteiger partial charge on any atom is 0.335 e. The molecular formula is C19H16N2O5S. The Morgan fingerprint density at radius 3 is 2.56 bits per heavy atom. The summed E-state index contributed by atoms with van der Waals surface area (Å²) in [6, 6.07) is 10.9. The van der Waals surface area contributed by atoms with Gasteiger partial charge in [-0.15, -0.1) is 0 Å². The SMILES string of the molecule is COc1cc(C=C2SC(=Nc3ccc(C(=O)O)cc3)N(C)C2=O)ccc1O. The van der Waals surface area contributed by atoms with Gasteiger partial charge in [0.1, 0.15) is 0 Å². The van der Waals surface area contributed by atoms with E-state index >= 15 is 0 Å². The Labute approximate surface area is 159 Å². The summed E-state index contributed by atoms with van der Waals surface area (Å²) in [6.07, 6.45) is 1.70. The molecule has 0 aliphatic carbocycles. The largest absolute Gasteiger partial charge is 0.504 e. The van der Waals surface area contributed by atoms with Crippen LogP contribution in [0.15, 0.2) is 52.4 Å². The zero-order valence-electron chi connectivity index (χ0n) is 14.5. The first-order valence-electron chi connectivity index (χ1n) is 7.85. The number of carbonyl (C=O) groups excluding carboxylic acids is 1. The van der Waals surface area contributed by atoms with Crippen LogP contribution in [0.25, 0.3) is 6.08 Å². The molecule has 0 bridgehead atoms. The molecule has 2 aromatic carbocycles. The Morgan fingerprint density at radius 2 is 1.93 bits per heavy atom. The van der Waals surface area contributed by atoms with Crippen LogP contribution in [0.1, 0.15) is 15.9 Å². The lowest BCUT2D eigenvalue weighted by Crippen LogP contribution is -2.23. The lowest BCUT2D eigenvalue weighted by atomic mass is 10.2. The molecule has 1 aliphatic rings. The molecule has 27 heavy (non-hydrogen) atoms. The third-order valence-electron chi connectivity index (χ3n) is 3.84. The second kappa shape index (κ2) is 7.55. The Kier molecular flexibility index (Phi) is 5.18. The van der Waals surface area contributed by atoms with E-state index in [1.165, 1.54) is 42.0 Å². The topological polar surface area (TPSA) is 99.4 Å². The van der Waals surface area contributed by atoms with Crippen molar-refractivity contribution < 1.29 is 24.5 Å². The highest BCUT2D eigenvalue weighted by atomic mass is 32.2. The second-order valence-corrected chi connectivity index (χ2v) is 6.66. The minimum absolute atomic E-state index is 0.0224. The Balaban J connectivity index is 1.87. The number of phenols is 1. The predicted octanol–water partition coefficient (Wildman–Crippen LogP) is 3.33. The molecule has 1 amide bonds. The molecule has 1 saturated heterocycles. The number of nitrogens with zero attached hydrogens (tertiary/aromatic N) is 2. The van der Waals surface area contributed by atoms with Crippen molar-refractivity contribution >= 4 is 40.6 Å². The Morgan fingerprint density at radius 1 is 1.22 bits per heavy atom. The van der Waals surface area contributed by atoms with Crippen LogP contribution in [0.2, 0.25) is 0 Å². The van der Waals surface area contributed by atoms with E-state index in [0.29, 0.717) is 27.1 Å². The number of amidine groups is 1. The molecular weight excluding hydrogens is 368 g/mol. The van der Waals surface area contributed by atoms with E-state index in [0.717, 1.165) is 0 Å². The molecule has 138 valence electrons. The summed E-state index contributed by atoms with van der Waals surface area (Å²) in [5.41, 5.74) is 1.43. The van der Waals surface area contributed by atoms with E-state index in [1.807, 2.05) is 0 Å². The van der Waals surface area contributed by atoms with Gasteiger partial charge in [-0.25, -0.2) is 9.79 Å². The van der Waals surface area contributed by atoms with Crippen molar-refractivity contribution in [3.05, 3.63) is 58.5 Å². The summed E-state index contributed by atoms with van der Waals surface area (Å²) in [5, 5.41) is 19.1. The van der Waals surface area contributed by atoms with Crippen LogP contribution in [0.5, 0.6) is 11.5 Å². The van der Waals surface area contributed by atoms with Gasteiger partial charge in [0.25, 0.3) is 5.91 Å². The van der Waals surface area contributed by atoms with Gasteiger partial charge in [0.15, 0.2) is 16.7 Å². The van der Waals surface area contributed by atoms with Crippen LogP contribution in [-0.4, -0.2) is 46.3 Å². The highest BCUT2D eigenvalue weighted by Crippen LogP contribution is 2.34. The monoisotopic (exact) mass is 384 g/mol. The number of aliphatic imine (C=N–C) groups is 1. The van der Waals surface area contributed by atoms with E-state index < -0.39 is 5.97 Å². The lowest BCUT2D eigenvalue weighted by molar-refractivity contribution is -0.121. The highest BCUT2D eigenvalue weighted by molar-refractivity contribution is 8.18. The number of amides is 1. The average molecular weight is 384 g/mol. The van der Waals surface area contributed by atoms with Gasteiger partial charge in [-0.2, -0.15) is 0 Å². The number of carboxylic acids is 1. The van der Waals surface area contributed by atoms with Crippen LogP contribution >= 0.6 is 11.8 Å². The van der Waals surface area contributed by atoms with Crippen molar-refractivity contribution in [1.82, 2.24) is 4.90 Å². The van der Waals surface area contributed by atoms with Crippen molar-refractivity contribution in [3.63, 3.8) is 0 Å². The van der Waals surface area contributed by atoms with Gasteiger partial charge in [-0.05, 0) is 59.8 Å². The number of ether oxygens (including phenoxy) is 1. The van der Waals surface area contributed by atoms with Crippen molar-refractivity contribution in [2.75, 3.05) is 14.2 Å². The predicted molar refractivity (Wildman–Crippen MR) is 103 cm³/mol. The summed E-state index contributed by atoms with van der Waals surface area (Å²) < 4.78 is 5.08. The number of thioether (sulfide) groups is 1. The molecule has 3 rings (SSSR count). The van der Waals surface area contributed by atoms with Gasteiger partial charge in [0, 0.05) is 7.05 Å². The number of hydrogen-bond donors (Lipinski definition) is 2. The number of aromatic hydroxyl groups is 1. The fraction of sp³-hybridized carbons (Fsp3) is 0.105. The maximum absolute atomic E-state index is 12.5. The smallest absolute Gasteiger partial charge is 0.335 e. The van der Waals surface area contributed by atoms with Crippen LogP contribution in [-0.2, 0) is 4.79 Å². The number of hydrogen-bond acceptors (Lipinski definition) is 6. The first kappa shape index (κ1) is 18.5. The van der Waals surface area contributed by atoms with Gasteiger partial charge in [-0.1, -0.05) is 6.07 Å². The summed E-state index contributed by atoms with van der Waals surface area (Å²) in [7, 11) is 3.08. The number of benzene rings is 2. The molecule has 0 saturated carbocycles. The van der Waals surface area contributed by atoms with Crippen LogP contribution < -0.4 is 4.74 Å². The average Bonchev–Trinajstić information content (AvgIpc) is 2.91. The van der Waals surface area contributed by atoms with Crippen molar-refractivity contribution in [2.24, 2.45) is 4.99 Å². The maximum atomic E-state index is 12.5. The Hall–Kier alpha value is -3.26. The van der Waals surface area contributed by atoms with E-state index in [1.54, 1.807) is 37.4 Å². The number of rotatable bonds is 4. The van der Waals surface area contributed by atoms with E-state index in [-0.39, 0.29) is 17.2 Å². The molecule has 1 heterocycles. The van der Waals surface area contributed by atoms with E-state index in [9.17, 15) is 14.7 Å². The first-order chi connectivity index (χ1) is 12.9. The lowest BCUT2D eigenvalue weighted by Gasteiger charge is -2.07. The molecule has 0 radical (unpaired) electrons. The molecule has 0 atom stereocenters. The summed E-state index contributed by atoms with van der Waals surface area (Å²) >= 11 is 1.21. The zero-order chi connectivity index (χ0) is 19.6. The molecule has 1 aliphatic heterocycles. The Bertz CT molecular complexity index is 967. The first-order valence-corrected chi connectivity index (χ1v) is 8.67. The molecule has 2 N–H and O–H groups in total. The minimum Gasteiger partial charge on any atom is -0.504 e. The van der Waals surface area contributed by atoms with Gasteiger partial charge in [0.2, 0.25) is 0 Å². The summed E-state index contributed by atoms with van der Waals surface area (Å²) in [5.74, 6) is -0.867. The van der Waals surface area contributed by atoms with Gasteiger partial charge in [-0.3, -0.25) is 9.69 Å². The number of carbonyl (C=O) groups is 2. The molecule has 7 nitrogen and oxygen atoms in total. The highest BCUT2D eigenvalue weighted by Gasteiger charge is 2.30. The van der Waals surface area contributed by atoms with Crippen molar-refractivity contribution in [2.45, 2.75) is 0 Å². The molecule has 8 heteroatoms. The zero-order valence-corrected chi connectivity index (χ0v) is 15.4. The van der Waals surface area contributed by atoms with Crippen molar-refractivity contribution in [1.29, 1.82) is 0 Å². The molecule has 2 aromatic rings.